The van der Waals surface area contributed by atoms with Gasteiger partial charge in [-0.1, -0.05) is 44.2 Å². The Morgan fingerprint density at radius 3 is 2.29 bits per heavy atom. The van der Waals surface area contributed by atoms with Gasteiger partial charge < -0.3 is 14.8 Å². The topological polar surface area (TPSA) is 49.7 Å². The van der Waals surface area contributed by atoms with Crippen LogP contribution < -0.4 is 10.2 Å². The molecule has 0 saturated heterocycles. The van der Waals surface area contributed by atoms with Crippen LogP contribution in [-0.2, 0) is 6.61 Å². The van der Waals surface area contributed by atoms with Gasteiger partial charge >= 0.3 is 7.12 Å². The minimum absolute atomic E-state index is 0.163. The highest BCUT2D eigenvalue weighted by atomic mass is 19.1. The Bertz CT molecular complexity index is 597. The fourth-order valence-electron chi connectivity index (χ4n) is 1.97. The third-order valence-corrected chi connectivity index (χ3v) is 3.30. The zero-order valence-corrected chi connectivity index (χ0v) is 12.1. The van der Waals surface area contributed by atoms with Crippen LogP contribution in [0.15, 0.2) is 42.5 Å². The van der Waals surface area contributed by atoms with Crippen molar-refractivity contribution in [1.29, 1.82) is 0 Å². The molecule has 2 aromatic carbocycles. The Hall–Kier alpha value is -1.85. The molecule has 0 saturated carbocycles. The summed E-state index contributed by atoms with van der Waals surface area (Å²) in [7, 11) is -1.82. The normalized spacial score (nSPS) is 10.8. The lowest BCUT2D eigenvalue weighted by molar-refractivity contribution is 0.304. The molecule has 0 aliphatic rings. The summed E-state index contributed by atoms with van der Waals surface area (Å²) >= 11 is 0. The summed E-state index contributed by atoms with van der Waals surface area (Å²) < 4.78 is 19.1. The van der Waals surface area contributed by atoms with E-state index in [0.717, 1.165) is 11.6 Å². The third kappa shape index (κ3) is 4.06. The number of hydrogen-bond donors (Lipinski definition) is 2. The largest absolute Gasteiger partial charge is 0.491 e. The van der Waals surface area contributed by atoms with Crippen LogP contribution in [0.4, 0.5) is 4.39 Å². The van der Waals surface area contributed by atoms with Crippen molar-refractivity contribution in [2.45, 2.75) is 26.4 Å². The van der Waals surface area contributed by atoms with Crippen LogP contribution in [0.2, 0.25) is 0 Å². The van der Waals surface area contributed by atoms with E-state index in [2.05, 4.69) is 26.0 Å². The summed E-state index contributed by atoms with van der Waals surface area (Å²) in [6.07, 6.45) is 0. The molecule has 0 heterocycles. The summed E-state index contributed by atoms with van der Waals surface area (Å²) in [4.78, 5) is 0. The average molecular weight is 288 g/mol. The molecule has 2 aromatic rings. The van der Waals surface area contributed by atoms with Crippen LogP contribution in [0.5, 0.6) is 5.75 Å². The van der Waals surface area contributed by atoms with Gasteiger partial charge in [-0.25, -0.2) is 4.39 Å². The molecule has 21 heavy (non-hydrogen) atoms. The Labute approximate surface area is 124 Å². The van der Waals surface area contributed by atoms with Gasteiger partial charge in [0.15, 0.2) is 0 Å². The lowest BCUT2D eigenvalue weighted by Crippen LogP contribution is -2.32. The summed E-state index contributed by atoms with van der Waals surface area (Å²) in [6.45, 7) is 4.59. The second-order valence-corrected chi connectivity index (χ2v) is 5.24. The number of halogens is 1. The van der Waals surface area contributed by atoms with E-state index in [9.17, 15) is 4.39 Å². The Kier molecular flexibility index (Phi) is 4.99. The van der Waals surface area contributed by atoms with Crippen molar-refractivity contribution < 1.29 is 19.2 Å². The highest BCUT2D eigenvalue weighted by Gasteiger charge is 2.16. The van der Waals surface area contributed by atoms with Crippen molar-refractivity contribution in [3.63, 3.8) is 0 Å². The average Bonchev–Trinajstić information content (AvgIpc) is 2.45. The van der Waals surface area contributed by atoms with Crippen molar-refractivity contribution in [3.05, 3.63) is 59.4 Å². The van der Waals surface area contributed by atoms with E-state index >= 15 is 0 Å². The second-order valence-electron chi connectivity index (χ2n) is 5.24. The van der Waals surface area contributed by atoms with Gasteiger partial charge in [0.05, 0.1) is 0 Å². The molecule has 0 aliphatic carbocycles. The van der Waals surface area contributed by atoms with Crippen LogP contribution in [0.3, 0.4) is 0 Å². The van der Waals surface area contributed by atoms with Gasteiger partial charge in [-0.05, 0) is 23.1 Å². The quantitative estimate of drug-likeness (QED) is 0.829. The monoisotopic (exact) mass is 288 g/mol. The third-order valence-electron chi connectivity index (χ3n) is 3.30. The lowest BCUT2D eigenvalue weighted by Gasteiger charge is -2.10. The fraction of sp³-hybridized carbons (Fsp3) is 0.250. The van der Waals surface area contributed by atoms with E-state index < -0.39 is 12.9 Å². The van der Waals surface area contributed by atoms with Crippen molar-refractivity contribution in [3.8, 4) is 5.75 Å². The van der Waals surface area contributed by atoms with Crippen molar-refractivity contribution in [2.75, 3.05) is 0 Å². The van der Waals surface area contributed by atoms with E-state index in [0.29, 0.717) is 18.3 Å². The van der Waals surface area contributed by atoms with Crippen molar-refractivity contribution in [1.82, 2.24) is 0 Å². The zero-order valence-electron chi connectivity index (χ0n) is 12.1. The highest BCUT2D eigenvalue weighted by Crippen LogP contribution is 2.17. The minimum Gasteiger partial charge on any atom is -0.489 e. The maximum Gasteiger partial charge on any atom is 0.491 e. The molecule has 2 N–H and O–H groups in total. The highest BCUT2D eigenvalue weighted by molar-refractivity contribution is 6.58. The lowest BCUT2D eigenvalue weighted by atomic mass is 9.80. The summed E-state index contributed by atoms with van der Waals surface area (Å²) in [5.74, 6) is 0.133. The molecule has 0 aliphatic heterocycles. The molecular formula is C16H18BFO3. The second kappa shape index (κ2) is 6.74. The number of benzene rings is 2. The standard InChI is InChI=1S/C16H18BFO3/c1-11(2)13-5-3-12(4-6-13)10-21-14-7-8-15(17(19)20)16(18)9-14/h3-9,11,19-20H,10H2,1-2H3. The van der Waals surface area contributed by atoms with Crippen LogP contribution in [0.1, 0.15) is 30.9 Å². The minimum atomic E-state index is -1.82. The van der Waals surface area contributed by atoms with Gasteiger partial charge in [-0.2, -0.15) is 0 Å². The molecule has 2 rings (SSSR count). The Morgan fingerprint density at radius 1 is 1.10 bits per heavy atom. The first-order valence-corrected chi connectivity index (χ1v) is 6.84. The Balaban J connectivity index is 2.01. The van der Waals surface area contributed by atoms with Gasteiger partial charge in [0.25, 0.3) is 0 Å². The molecule has 0 unspecified atom stereocenters. The van der Waals surface area contributed by atoms with Crippen molar-refractivity contribution >= 4 is 12.6 Å². The molecule has 0 radical (unpaired) electrons. The number of ether oxygens (including phenoxy) is 1. The van der Waals surface area contributed by atoms with Crippen LogP contribution in [0.25, 0.3) is 0 Å². The summed E-state index contributed by atoms with van der Waals surface area (Å²) in [5, 5.41) is 17.9. The van der Waals surface area contributed by atoms with Crippen LogP contribution in [0, 0.1) is 5.82 Å². The van der Waals surface area contributed by atoms with Gasteiger partial charge in [0, 0.05) is 11.5 Å². The molecule has 3 nitrogen and oxygen atoms in total. The van der Waals surface area contributed by atoms with E-state index in [1.807, 2.05) is 12.1 Å². The zero-order chi connectivity index (χ0) is 15.4. The molecule has 0 amide bonds. The summed E-state index contributed by atoms with van der Waals surface area (Å²) in [5.41, 5.74) is 2.08. The summed E-state index contributed by atoms with van der Waals surface area (Å²) in [6, 6.07) is 12.0. The van der Waals surface area contributed by atoms with Gasteiger partial charge in [-0.3, -0.25) is 0 Å². The smallest absolute Gasteiger partial charge is 0.489 e. The molecule has 0 spiro atoms. The number of hydrogen-bond acceptors (Lipinski definition) is 3. The van der Waals surface area contributed by atoms with Crippen LogP contribution >= 0.6 is 0 Å². The fourth-order valence-corrected chi connectivity index (χ4v) is 1.97. The molecule has 0 bridgehead atoms. The van der Waals surface area contributed by atoms with Crippen LogP contribution in [-0.4, -0.2) is 17.2 Å². The van der Waals surface area contributed by atoms with E-state index in [1.54, 1.807) is 0 Å². The van der Waals surface area contributed by atoms with Crippen molar-refractivity contribution in [2.24, 2.45) is 0 Å². The predicted molar refractivity (Wildman–Crippen MR) is 81.1 cm³/mol. The van der Waals surface area contributed by atoms with Gasteiger partial charge in [0.2, 0.25) is 0 Å². The number of rotatable bonds is 5. The maximum atomic E-state index is 13.6. The van der Waals surface area contributed by atoms with Gasteiger partial charge in [-0.15, -0.1) is 0 Å². The SMILES string of the molecule is CC(C)c1ccc(COc2ccc(B(O)O)c(F)c2)cc1. The predicted octanol–water partition coefficient (Wildman–Crippen LogP) is 2.21. The van der Waals surface area contributed by atoms with E-state index in [-0.39, 0.29) is 5.46 Å². The van der Waals surface area contributed by atoms with E-state index in [4.69, 9.17) is 14.8 Å². The molecule has 0 fully saturated rings. The first-order valence-electron chi connectivity index (χ1n) is 6.84. The van der Waals surface area contributed by atoms with Gasteiger partial charge in [0.1, 0.15) is 18.2 Å². The molecule has 0 atom stereocenters. The molecule has 110 valence electrons. The molecule has 0 aromatic heterocycles. The molecular weight excluding hydrogens is 270 g/mol. The first kappa shape index (κ1) is 15.5. The maximum absolute atomic E-state index is 13.6. The first-order chi connectivity index (χ1) is 9.97. The molecule has 5 heteroatoms. The Morgan fingerprint density at radius 2 is 1.76 bits per heavy atom. The van der Waals surface area contributed by atoms with E-state index in [1.165, 1.54) is 17.7 Å².